The Morgan fingerprint density at radius 1 is 0.857 bits per heavy atom. The van der Waals surface area contributed by atoms with Gasteiger partial charge in [-0.05, 0) is 83.3 Å². The summed E-state index contributed by atoms with van der Waals surface area (Å²) < 4.78 is 46.7. The second kappa shape index (κ2) is 10.2. The molecule has 4 aliphatic heterocycles. The highest BCUT2D eigenvalue weighted by Crippen LogP contribution is 2.67. The Labute approximate surface area is 250 Å². The van der Waals surface area contributed by atoms with Crippen molar-refractivity contribution < 1.29 is 43.4 Å². The molecule has 2 bridgehead atoms. The minimum absolute atomic E-state index is 0.228. The molecule has 0 aromatic carbocycles. The summed E-state index contributed by atoms with van der Waals surface area (Å²) in [4.78, 5) is 0. The number of ether oxygens (including phenoxy) is 7. The number of fused-ring (bicyclic) bond motifs is 8. The predicted molar refractivity (Wildman–Crippen MR) is 152 cm³/mol. The van der Waals surface area contributed by atoms with Crippen molar-refractivity contribution in [2.45, 2.75) is 159 Å². The van der Waals surface area contributed by atoms with Crippen molar-refractivity contribution in [1.29, 1.82) is 0 Å². The van der Waals surface area contributed by atoms with Gasteiger partial charge in [0.2, 0.25) is 0 Å². The molecule has 0 amide bonds. The van der Waals surface area contributed by atoms with E-state index in [1.54, 1.807) is 0 Å². The predicted octanol–water partition coefficient (Wildman–Crippen LogP) is 4.37. The van der Waals surface area contributed by atoms with Gasteiger partial charge >= 0.3 is 0 Å². The topological polar surface area (TPSA) is 105 Å². The average Bonchev–Trinajstić information content (AvgIpc) is 3.26. The third kappa shape index (κ3) is 4.28. The molecular weight excluding hydrogens is 540 g/mol. The summed E-state index contributed by atoms with van der Waals surface area (Å²) in [6.45, 7) is 14.1. The van der Waals surface area contributed by atoms with Crippen LogP contribution in [-0.4, -0.2) is 90.1 Å². The highest BCUT2D eigenvalue weighted by atomic mass is 16.8. The Morgan fingerprint density at radius 2 is 1.55 bits per heavy atom. The van der Waals surface area contributed by atoms with Crippen LogP contribution in [0.3, 0.4) is 0 Å². The summed E-state index contributed by atoms with van der Waals surface area (Å²) in [6.07, 6.45) is 4.07. The van der Waals surface area contributed by atoms with Crippen molar-refractivity contribution >= 4 is 0 Å². The number of aliphatic hydroxyl groups excluding tert-OH is 1. The summed E-state index contributed by atoms with van der Waals surface area (Å²) in [6, 6.07) is 0. The van der Waals surface area contributed by atoms with Gasteiger partial charge in [-0.1, -0.05) is 20.8 Å². The summed E-state index contributed by atoms with van der Waals surface area (Å²) in [7, 11) is 0. The van der Waals surface area contributed by atoms with Gasteiger partial charge in [0.05, 0.1) is 31.0 Å². The van der Waals surface area contributed by atoms with Gasteiger partial charge in [0, 0.05) is 36.4 Å². The SMILES string of the molecule is CC1=C2[C@H]3OC(C)(C)O[C@@H]3[C@]3(C)CC[C@H]4OC[C@@]4(O)[C@H]3[C@H](OC3CCCCO3)[C@](OC3CCCCO3)(C[C@@H]1O)C2(C)C. The maximum Gasteiger partial charge on any atom is 0.164 e. The molecule has 4 saturated heterocycles. The van der Waals surface area contributed by atoms with Crippen molar-refractivity contribution in [2.75, 3.05) is 19.8 Å². The van der Waals surface area contributed by atoms with E-state index in [1.165, 1.54) is 0 Å². The van der Waals surface area contributed by atoms with Gasteiger partial charge in [-0.2, -0.15) is 0 Å². The van der Waals surface area contributed by atoms with Crippen LogP contribution in [0.15, 0.2) is 11.1 Å². The third-order valence-corrected chi connectivity index (χ3v) is 12.1. The Bertz CT molecular complexity index is 1080. The Hall–Kier alpha value is -0.620. The number of rotatable bonds is 4. The molecule has 4 heterocycles. The van der Waals surface area contributed by atoms with Crippen LogP contribution >= 0.6 is 0 Å². The first-order valence-corrected chi connectivity index (χ1v) is 16.5. The van der Waals surface area contributed by atoms with E-state index in [9.17, 15) is 10.2 Å². The summed E-state index contributed by atoms with van der Waals surface area (Å²) >= 11 is 0. The molecule has 9 nitrogen and oxygen atoms in total. The van der Waals surface area contributed by atoms with Crippen LogP contribution in [0.5, 0.6) is 0 Å². The van der Waals surface area contributed by atoms with Gasteiger partial charge < -0.3 is 43.4 Å². The average molecular weight is 593 g/mol. The van der Waals surface area contributed by atoms with Crippen LogP contribution in [0.25, 0.3) is 0 Å². The van der Waals surface area contributed by atoms with Crippen molar-refractivity contribution in [3.05, 3.63) is 11.1 Å². The molecule has 3 aliphatic carbocycles. The van der Waals surface area contributed by atoms with Crippen LogP contribution in [0.4, 0.5) is 0 Å². The molecule has 0 spiro atoms. The van der Waals surface area contributed by atoms with E-state index in [0.717, 1.165) is 62.5 Å². The summed E-state index contributed by atoms with van der Waals surface area (Å²) in [5, 5.41) is 24.6. The number of hydrogen-bond acceptors (Lipinski definition) is 9. The van der Waals surface area contributed by atoms with Crippen LogP contribution in [0, 0.1) is 16.7 Å². The lowest BCUT2D eigenvalue weighted by atomic mass is 9.45. The van der Waals surface area contributed by atoms with E-state index in [1.807, 2.05) is 20.8 Å². The summed E-state index contributed by atoms with van der Waals surface area (Å²) in [5.74, 6) is -1.27. The first-order valence-electron chi connectivity index (χ1n) is 16.5. The fourth-order valence-corrected chi connectivity index (χ4v) is 9.93. The molecule has 6 fully saturated rings. The zero-order valence-corrected chi connectivity index (χ0v) is 26.4. The first-order chi connectivity index (χ1) is 19.8. The maximum absolute atomic E-state index is 12.7. The lowest BCUT2D eigenvalue weighted by molar-refractivity contribution is -0.382. The van der Waals surface area contributed by atoms with Gasteiger partial charge in [0.15, 0.2) is 18.4 Å². The molecule has 0 aromatic heterocycles. The van der Waals surface area contributed by atoms with Crippen molar-refractivity contribution in [2.24, 2.45) is 16.7 Å². The van der Waals surface area contributed by atoms with Gasteiger partial charge in [0.25, 0.3) is 0 Å². The number of aliphatic hydroxyl groups is 2. The van der Waals surface area contributed by atoms with Gasteiger partial charge in [-0.25, -0.2) is 0 Å². The Morgan fingerprint density at radius 3 is 2.17 bits per heavy atom. The van der Waals surface area contributed by atoms with E-state index >= 15 is 0 Å². The second-order valence-corrected chi connectivity index (χ2v) is 15.4. The lowest BCUT2D eigenvalue weighted by Gasteiger charge is -2.69. The molecule has 2 N–H and O–H groups in total. The standard InChI is InChI=1S/C33H52O9/c1-19-20(34)17-33(40-23-12-8-10-16-37-23)28(39-22-11-7-9-15-36-22)26-31(6,14-13-21-32(26,35)18-38-21)27-25(24(19)29(33,2)3)41-30(4,5)42-27/h20-23,25-28,34-35H,7-18H2,1-6H3/t20-,21+,22?,23?,25+,26-,27-,28-,31+,32-,33+/m0/s1. The Balaban J connectivity index is 1.47. The van der Waals surface area contributed by atoms with Crippen LogP contribution in [-0.2, 0) is 33.2 Å². The molecule has 7 rings (SSSR count). The fraction of sp³-hybridized carbons (Fsp3) is 0.939. The fourth-order valence-electron chi connectivity index (χ4n) is 9.93. The first kappa shape index (κ1) is 30.1. The zero-order chi connectivity index (χ0) is 29.7. The van der Waals surface area contributed by atoms with Gasteiger partial charge in [0.1, 0.15) is 17.3 Å². The molecule has 0 aromatic rings. The summed E-state index contributed by atoms with van der Waals surface area (Å²) in [5.41, 5.74) is -1.48. The van der Waals surface area contributed by atoms with Crippen molar-refractivity contribution in [3.8, 4) is 0 Å². The third-order valence-electron chi connectivity index (χ3n) is 12.1. The van der Waals surface area contributed by atoms with Crippen molar-refractivity contribution in [1.82, 2.24) is 0 Å². The quantitative estimate of drug-likeness (QED) is 0.461. The van der Waals surface area contributed by atoms with E-state index in [4.69, 9.17) is 33.2 Å². The molecular formula is C33H52O9. The molecule has 238 valence electrons. The van der Waals surface area contributed by atoms with E-state index in [2.05, 4.69) is 20.8 Å². The van der Waals surface area contributed by atoms with Gasteiger partial charge in [-0.15, -0.1) is 0 Å². The lowest BCUT2D eigenvalue weighted by Crippen LogP contribution is -2.79. The molecule has 2 saturated carbocycles. The molecule has 42 heavy (non-hydrogen) atoms. The van der Waals surface area contributed by atoms with Crippen LogP contribution < -0.4 is 0 Å². The minimum Gasteiger partial charge on any atom is -0.389 e. The number of hydrogen-bond donors (Lipinski definition) is 2. The van der Waals surface area contributed by atoms with Crippen molar-refractivity contribution in [3.63, 3.8) is 0 Å². The smallest absolute Gasteiger partial charge is 0.164 e. The van der Waals surface area contributed by atoms with Gasteiger partial charge in [-0.3, -0.25) is 0 Å². The zero-order valence-electron chi connectivity index (χ0n) is 26.4. The highest BCUT2D eigenvalue weighted by Gasteiger charge is 2.76. The highest BCUT2D eigenvalue weighted by molar-refractivity contribution is 5.40. The largest absolute Gasteiger partial charge is 0.389 e. The normalized spacial score (nSPS) is 51.4. The van der Waals surface area contributed by atoms with E-state index < -0.39 is 64.6 Å². The maximum atomic E-state index is 12.7. The molecule has 11 atom stereocenters. The van der Waals surface area contributed by atoms with E-state index in [-0.39, 0.29) is 18.8 Å². The van der Waals surface area contributed by atoms with E-state index in [0.29, 0.717) is 19.6 Å². The van der Waals surface area contributed by atoms with Crippen LogP contribution in [0.2, 0.25) is 0 Å². The minimum atomic E-state index is -1.15. The molecule has 7 aliphatic rings. The molecule has 2 unspecified atom stereocenters. The second-order valence-electron chi connectivity index (χ2n) is 15.4. The molecule has 9 heteroatoms. The Kier molecular flexibility index (Phi) is 7.29. The monoisotopic (exact) mass is 592 g/mol. The van der Waals surface area contributed by atoms with Crippen LogP contribution in [0.1, 0.15) is 99.3 Å². The molecule has 0 radical (unpaired) electrons.